The lowest BCUT2D eigenvalue weighted by Gasteiger charge is -1.71. The highest BCUT2D eigenvalue weighted by Crippen LogP contribution is 1.96. The number of rotatable bonds is 2. The fourth-order valence-electron chi connectivity index (χ4n) is 0.0609. The van der Waals surface area contributed by atoms with Crippen LogP contribution in [0.2, 0.25) is 0 Å². The van der Waals surface area contributed by atoms with Gasteiger partial charge in [0.1, 0.15) is 4.33 Å². The maximum absolute atomic E-state index is 9.30. The van der Waals surface area contributed by atoms with Gasteiger partial charge < -0.3 is 0 Å². The van der Waals surface area contributed by atoms with Crippen LogP contribution in [-0.2, 0) is 0 Å². The van der Waals surface area contributed by atoms with Crippen LogP contribution in [0.25, 0.3) is 0 Å². The van der Waals surface area contributed by atoms with Crippen molar-refractivity contribution in [2.45, 2.75) is 0 Å². The maximum Gasteiger partial charge on any atom is 0.257 e. The highest BCUT2D eigenvalue weighted by atomic mass is 32.2. The van der Waals surface area contributed by atoms with Gasteiger partial charge in [0, 0.05) is 5.41 Å². The maximum atomic E-state index is 9.30. The molecular formula is C2H3NO2S. The molecule has 0 aromatic rings. The largest absolute Gasteiger partial charge is 0.257 e. The first kappa shape index (κ1) is 5.49. The number of hydrogen-bond donors (Lipinski definition) is 0. The van der Waals surface area contributed by atoms with Gasteiger partial charge in [-0.3, -0.25) is 10.1 Å². The van der Waals surface area contributed by atoms with Crippen molar-refractivity contribution in [2.24, 2.45) is 0 Å². The zero-order chi connectivity index (χ0) is 4.99. The van der Waals surface area contributed by atoms with E-state index in [1.807, 2.05) is 0 Å². The number of nitrogens with zero attached hydrogens (tertiary/aromatic N) is 1. The molecule has 0 saturated heterocycles. The molecule has 0 unspecified atom stereocenters. The summed E-state index contributed by atoms with van der Waals surface area (Å²) in [5, 5.41) is 10.5. The molecule has 3 nitrogen and oxygen atoms in total. The summed E-state index contributed by atoms with van der Waals surface area (Å²) in [6, 6.07) is 0. The molecule has 0 aliphatic carbocycles. The lowest BCUT2D eigenvalue weighted by Crippen LogP contribution is -1.74. The molecule has 0 aliphatic heterocycles. The summed E-state index contributed by atoms with van der Waals surface area (Å²) in [5.41, 5.74) is 0. The molecule has 0 aliphatic rings. The minimum Gasteiger partial charge on any atom is -0.250 e. The highest BCUT2D eigenvalue weighted by molar-refractivity contribution is 7.96. The molecule has 0 aromatic heterocycles. The number of nitro groups is 1. The molecule has 0 heterocycles. The Hall–Kier alpha value is -0.510. The molecule has 0 spiro atoms. The first-order chi connectivity index (χ1) is 2.77. The van der Waals surface area contributed by atoms with E-state index in [9.17, 15) is 10.1 Å². The fraction of sp³-hybridized carbons (Fsp3) is 0. The van der Waals surface area contributed by atoms with Gasteiger partial charge in [0.2, 0.25) is 0 Å². The molecule has 34 valence electrons. The summed E-state index contributed by atoms with van der Waals surface area (Å²) >= 11 is 0.472. The Balaban J connectivity index is 3.05. The quantitative estimate of drug-likeness (QED) is 0.299. The molecular weight excluding hydrogens is 102 g/mol. The first-order valence-electron chi connectivity index (χ1n) is 1.19. The predicted molar refractivity (Wildman–Crippen MR) is 24.8 cm³/mol. The topological polar surface area (TPSA) is 43.1 Å². The monoisotopic (exact) mass is 105 g/mol. The third kappa shape index (κ3) is 3.49. The molecule has 0 N–H and O–H groups in total. The fourth-order valence-corrected chi connectivity index (χ4v) is 0.183. The molecule has 0 radical (unpaired) electrons. The van der Waals surface area contributed by atoms with Crippen molar-refractivity contribution in [3.8, 4) is 0 Å². The van der Waals surface area contributed by atoms with Gasteiger partial charge in [-0.15, -0.1) is 0 Å². The zero-order valence-electron chi connectivity index (χ0n) is 2.96. The average molecular weight is 105 g/mol. The molecule has 0 fully saturated rings. The van der Waals surface area contributed by atoms with Crippen LogP contribution in [0, 0.1) is 10.1 Å². The highest BCUT2D eigenvalue weighted by Gasteiger charge is 1.86. The Kier molecular flexibility index (Phi) is 2.48. The zero-order valence-corrected chi connectivity index (χ0v) is 3.77. The first-order valence-corrected chi connectivity index (χ1v) is 2.03. The summed E-state index contributed by atoms with van der Waals surface area (Å²) in [4.78, 5) is 9.30. The van der Waals surface area contributed by atoms with Crippen LogP contribution in [0.5, 0.6) is 0 Å². The normalized spacial score (nSPS) is 7.33. The van der Waals surface area contributed by atoms with Crippen LogP contribution in [0.3, 0.4) is 0 Å². The van der Waals surface area contributed by atoms with E-state index in [4.69, 9.17) is 0 Å². The van der Waals surface area contributed by atoms with Crippen molar-refractivity contribution in [1.82, 2.24) is 0 Å². The van der Waals surface area contributed by atoms with Crippen LogP contribution >= 0.6 is 11.9 Å². The second-order valence-corrected chi connectivity index (χ2v) is 1.34. The van der Waals surface area contributed by atoms with E-state index in [0.717, 1.165) is 0 Å². The summed E-state index contributed by atoms with van der Waals surface area (Å²) in [7, 11) is 0. The van der Waals surface area contributed by atoms with Crippen molar-refractivity contribution in [3.63, 3.8) is 0 Å². The van der Waals surface area contributed by atoms with E-state index in [1.54, 1.807) is 0 Å². The van der Waals surface area contributed by atoms with Crippen molar-refractivity contribution in [1.29, 1.82) is 0 Å². The van der Waals surface area contributed by atoms with Crippen molar-refractivity contribution in [3.05, 3.63) is 22.1 Å². The Morgan fingerprint density at radius 1 is 2.00 bits per heavy atom. The Labute approximate surface area is 39.3 Å². The molecule has 0 rings (SSSR count). The van der Waals surface area contributed by atoms with E-state index in [0.29, 0.717) is 11.9 Å². The van der Waals surface area contributed by atoms with Gasteiger partial charge in [0.15, 0.2) is 0 Å². The van der Waals surface area contributed by atoms with Crippen LogP contribution < -0.4 is 0 Å². The molecule has 6 heavy (non-hydrogen) atoms. The van der Waals surface area contributed by atoms with Gasteiger partial charge in [-0.25, -0.2) is 0 Å². The molecule has 0 bridgehead atoms. The Bertz CT molecular complexity index is 71.9. The summed E-state index contributed by atoms with van der Waals surface area (Å²) in [6.07, 6.45) is 0. The lowest BCUT2D eigenvalue weighted by atomic mass is 11.3. The minimum absolute atomic E-state index is 0.472. The SMILES string of the molecule is C=CS[N+](=O)[O-]. The van der Waals surface area contributed by atoms with Gasteiger partial charge in [-0.05, 0) is 0 Å². The molecule has 4 heteroatoms. The van der Waals surface area contributed by atoms with E-state index in [2.05, 4.69) is 6.58 Å². The Morgan fingerprint density at radius 3 is 2.50 bits per heavy atom. The molecule has 0 saturated carbocycles. The smallest absolute Gasteiger partial charge is 0.250 e. The van der Waals surface area contributed by atoms with E-state index >= 15 is 0 Å². The van der Waals surface area contributed by atoms with Crippen molar-refractivity contribution < 1.29 is 4.33 Å². The van der Waals surface area contributed by atoms with Gasteiger partial charge in [-0.1, -0.05) is 6.58 Å². The van der Waals surface area contributed by atoms with Crippen LogP contribution in [0.15, 0.2) is 12.0 Å². The number of hydrogen-bond acceptors (Lipinski definition) is 3. The van der Waals surface area contributed by atoms with Crippen LogP contribution in [-0.4, -0.2) is 4.33 Å². The van der Waals surface area contributed by atoms with Gasteiger partial charge >= 0.3 is 0 Å². The van der Waals surface area contributed by atoms with Crippen molar-refractivity contribution in [2.75, 3.05) is 0 Å². The second kappa shape index (κ2) is 2.71. The lowest BCUT2D eigenvalue weighted by molar-refractivity contribution is -0.282. The molecule has 0 atom stereocenters. The summed E-state index contributed by atoms with van der Waals surface area (Å²) in [6.45, 7) is 3.12. The predicted octanol–water partition coefficient (Wildman–Crippen LogP) is 1.05. The average Bonchev–Trinajstić information content (AvgIpc) is 1.35. The van der Waals surface area contributed by atoms with Crippen LogP contribution in [0.4, 0.5) is 0 Å². The van der Waals surface area contributed by atoms with E-state index in [-0.39, 0.29) is 0 Å². The van der Waals surface area contributed by atoms with E-state index in [1.165, 1.54) is 5.41 Å². The molecule has 0 amide bonds. The summed E-state index contributed by atoms with van der Waals surface area (Å²) < 4.78 is -0.521. The van der Waals surface area contributed by atoms with Crippen molar-refractivity contribution >= 4 is 11.9 Å². The second-order valence-electron chi connectivity index (χ2n) is 0.496. The summed E-state index contributed by atoms with van der Waals surface area (Å²) in [5.74, 6) is 0. The molecule has 0 aromatic carbocycles. The third-order valence-electron chi connectivity index (χ3n) is 0.161. The van der Waals surface area contributed by atoms with Gasteiger partial charge in [0.05, 0.1) is 0 Å². The van der Waals surface area contributed by atoms with Crippen LogP contribution in [0.1, 0.15) is 0 Å². The van der Waals surface area contributed by atoms with E-state index < -0.39 is 4.33 Å². The minimum atomic E-state index is -0.521. The third-order valence-corrected chi connectivity index (χ3v) is 0.482. The van der Waals surface area contributed by atoms with Gasteiger partial charge in [-0.2, -0.15) is 0 Å². The Morgan fingerprint density at radius 2 is 2.50 bits per heavy atom. The standard InChI is InChI=1S/C2H3NO2S/c1-2-6-3(4)5/h2H,1H2. The van der Waals surface area contributed by atoms with Gasteiger partial charge in [0.25, 0.3) is 11.9 Å².